The van der Waals surface area contributed by atoms with Gasteiger partial charge in [0.15, 0.2) is 0 Å². The van der Waals surface area contributed by atoms with Crippen LogP contribution in [0.25, 0.3) is 16.8 Å². The summed E-state index contributed by atoms with van der Waals surface area (Å²) in [6.45, 7) is 2.36. The third-order valence-electron chi connectivity index (χ3n) is 6.60. The van der Waals surface area contributed by atoms with Crippen molar-refractivity contribution in [2.75, 3.05) is 18.5 Å². The molecule has 0 unspecified atom stereocenters. The van der Waals surface area contributed by atoms with Crippen LogP contribution in [0.1, 0.15) is 29.5 Å². The van der Waals surface area contributed by atoms with E-state index >= 15 is 0 Å². The van der Waals surface area contributed by atoms with Crippen molar-refractivity contribution in [2.45, 2.75) is 32.4 Å². The molecule has 6 rings (SSSR count). The average Bonchev–Trinajstić information content (AvgIpc) is 3.61. The number of hydrogen-bond donors (Lipinski definition) is 1. The summed E-state index contributed by atoms with van der Waals surface area (Å²) in [6, 6.07) is 11.3. The first-order valence-corrected chi connectivity index (χ1v) is 11.5. The molecule has 7 nitrogen and oxygen atoms in total. The number of halogens is 1. The topological polar surface area (TPSA) is 71.8 Å². The van der Waals surface area contributed by atoms with E-state index in [1.807, 2.05) is 39.8 Å². The molecule has 8 heteroatoms. The van der Waals surface area contributed by atoms with Crippen LogP contribution in [0, 0.1) is 5.82 Å². The molecule has 2 aromatic heterocycles. The maximum atomic E-state index is 14.5. The second-order valence-corrected chi connectivity index (χ2v) is 8.69. The standard InChI is InChI=1S/C26H24FN5O2/c27-22-7-8-23-19(9-13-34-23)21(22)15-30-26-29-14-20(25-28-10-12-32(25)26)18-5-3-17(4-6-18)16-31-11-1-2-24(31)33/h3-8,10,12,14H,1-2,9,11,13,15-16H2,(H,29,30). The second-order valence-electron chi connectivity index (χ2n) is 8.69. The van der Waals surface area contributed by atoms with Gasteiger partial charge in [0.1, 0.15) is 17.2 Å². The van der Waals surface area contributed by atoms with Gasteiger partial charge in [0, 0.05) is 67.8 Å². The van der Waals surface area contributed by atoms with Crippen molar-refractivity contribution in [3.05, 3.63) is 77.5 Å². The maximum absolute atomic E-state index is 14.5. The fraction of sp³-hybridized carbons (Fsp3) is 0.269. The Labute approximate surface area is 196 Å². The van der Waals surface area contributed by atoms with E-state index in [4.69, 9.17) is 4.74 Å². The summed E-state index contributed by atoms with van der Waals surface area (Å²) in [4.78, 5) is 23.0. The van der Waals surface area contributed by atoms with E-state index < -0.39 is 0 Å². The van der Waals surface area contributed by atoms with Crippen LogP contribution in [0.2, 0.25) is 0 Å². The molecule has 2 aromatic carbocycles. The molecule has 0 aliphatic carbocycles. The molecule has 1 amide bonds. The summed E-state index contributed by atoms with van der Waals surface area (Å²) in [5, 5.41) is 3.27. The lowest BCUT2D eigenvalue weighted by Gasteiger charge is -2.16. The van der Waals surface area contributed by atoms with Gasteiger partial charge in [-0.2, -0.15) is 0 Å². The van der Waals surface area contributed by atoms with Gasteiger partial charge >= 0.3 is 0 Å². The molecule has 0 atom stereocenters. The molecule has 0 bridgehead atoms. The van der Waals surface area contributed by atoms with Gasteiger partial charge in [-0.3, -0.25) is 9.20 Å². The lowest BCUT2D eigenvalue weighted by molar-refractivity contribution is -0.128. The molecule has 2 aliphatic rings. The number of benzene rings is 2. The van der Waals surface area contributed by atoms with Crippen LogP contribution in [0.4, 0.5) is 10.3 Å². The van der Waals surface area contributed by atoms with Crippen LogP contribution < -0.4 is 10.1 Å². The fourth-order valence-corrected chi connectivity index (χ4v) is 4.81. The number of fused-ring (bicyclic) bond motifs is 2. The Kier molecular flexibility index (Phi) is 5.13. The molecule has 34 heavy (non-hydrogen) atoms. The predicted molar refractivity (Wildman–Crippen MR) is 126 cm³/mol. The van der Waals surface area contributed by atoms with Crippen molar-refractivity contribution in [1.29, 1.82) is 0 Å². The number of amides is 1. The highest BCUT2D eigenvalue weighted by molar-refractivity contribution is 5.79. The molecular weight excluding hydrogens is 433 g/mol. The van der Waals surface area contributed by atoms with Crippen LogP contribution in [0.3, 0.4) is 0 Å². The highest BCUT2D eigenvalue weighted by Gasteiger charge is 2.21. The lowest BCUT2D eigenvalue weighted by atomic mass is 10.0. The molecule has 1 fully saturated rings. The van der Waals surface area contributed by atoms with E-state index in [0.717, 1.165) is 46.6 Å². The number of nitrogens with one attached hydrogen (secondary N) is 1. The number of imidazole rings is 1. The minimum absolute atomic E-state index is 0.225. The first kappa shape index (κ1) is 20.7. The van der Waals surface area contributed by atoms with Gasteiger partial charge in [0.05, 0.1) is 6.61 Å². The first-order valence-electron chi connectivity index (χ1n) is 11.5. The molecule has 0 saturated carbocycles. The highest BCUT2D eigenvalue weighted by Crippen LogP contribution is 2.31. The first-order chi connectivity index (χ1) is 16.7. The van der Waals surface area contributed by atoms with Gasteiger partial charge in [-0.05, 0) is 29.7 Å². The molecule has 1 saturated heterocycles. The predicted octanol–water partition coefficient (Wildman–Crippen LogP) is 4.20. The Bertz CT molecular complexity index is 1380. The van der Waals surface area contributed by atoms with Crippen LogP contribution in [-0.4, -0.2) is 38.3 Å². The average molecular weight is 458 g/mol. The summed E-state index contributed by atoms with van der Waals surface area (Å²) in [6.07, 6.45) is 7.66. The number of likely N-dealkylation sites (tertiary alicyclic amines) is 1. The summed E-state index contributed by atoms with van der Waals surface area (Å²) in [5.41, 5.74) is 5.30. The summed E-state index contributed by atoms with van der Waals surface area (Å²) in [5.74, 6) is 1.33. The third-order valence-corrected chi connectivity index (χ3v) is 6.60. The van der Waals surface area contributed by atoms with Gasteiger partial charge in [0.2, 0.25) is 11.9 Å². The number of nitrogens with zero attached hydrogens (tertiary/aromatic N) is 4. The molecule has 4 aromatic rings. The SMILES string of the molecule is O=C1CCCN1Cc1ccc(-c2cnc(NCc3c(F)ccc4c3CCO4)n3ccnc23)cc1. The fourth-order valence-electron chi connectivity index (χ4n) is 4.81. The zero-order valence-electron chi connectivity index (χ0n) is 18.6. The van der Waals surface area contributed by atoms with Gasteiger partial charge in [-0.15, -0.1) is 0 Å². The second kappa shape index (κ2) is 8.44. The highest BCUT2D eigenvalue weighted by atomic mass is 19.1. The Morgan fingerprint density at radius 2 is 1.97 bits per heavy atom. The molecule has 0 spiro atoms. The normalized spacial score (nSPS) is 15.1. The van der Waals surface area contributed by atoms with Crippen molar-refractivity contribution in [1.82, 2.24) is 19.3 Å². The largest absolute Gasteiger partial charge is 0.493 e. The molecular formula is C26H24FN5O2. The lowest BCUT2D eigenvalue weighted by Crippen LogP contribution is -2.23. The van der Waals surface area contributed by atoms with E-state index in [2.05, 4.69) is 15.3 Å². The van der Waals surface area contributed by atoms with E-state index in [-0.39, 0.29) is 11.7 Å². The Morgan fingerprint density at radius 1 is 1.09 bits per heavy atom. The van der Waals surface area contributed by atoms with Crippen molar-refractivity contribution in [3.8, 4) is 16.9 Å². The molecule has 2 aliphatic heterocycles. The minimum Gasteiger partial charge on any atom is -0.493 e. The molecule has 1 N–H and O–H groups in total. The molecule has 172 valence electrons. The Morgan fingerprint density at radius 3 is 2.79 bits per heavy atom. The van der Waals surface area contributed by atoms with E-state index in [9.17, 15) is 9.18 Å². The van der Waals surface area contributed by atoms with Crippen LogP contribution in [0.5, 0.6) is 5.75 Å². The minimum atomic E-state index is -0.244. The summed E-state index contributed by atoms with van der Waals surface area (Å²) >= 11 is 0. The smallest absolute Gasteiger partial charge is 0.222 e. The number of anilines is 1. The van der Waals surface area contributed by atoms with E-state index in [0.29, 0.717) is 44.0 Å². The number of carbonyl (C=O) groups is 1. The van der Waals surface area contributed by atoms with Crippen LogP contribution in [0.15, 0.2) is 55.0 Å². The zero-order chi connectivity index (χ0) is 23.1. The van der Waals surface area contributed by atoms with Gasteiger partial charge < -0.3 is 15.0 Å². The summed E-state index contributed by atoms with van der Waals surface area (Å²) < 4.78 is 22.0. The number of ether oxygens (including phenoxy) is 1. The maximum Gasteiger partial charge on any atom is 0.222 e. The van der Waals surface area contributed by atoms with Crippen LogP contribution >= 0.6 is 0 Å². The van der Waals surface area contributed by atoms with Crippen molar-refractivity contribution < 1.29 is 13.9 Å². The van der Waals surface area contributed by atoms with E-state index in [1.54, 1.807) is 18.5 Å². The number of rotatable bonds is 6. The zero-order valence-corrected chi connectivity index (χ0v) is 18.6. The quantitative estimate of drug-likeness (QED) is 0.470. The monoisotopic (exact) mass is 457 g/mol. The van der Waals surface area contributed by atoms with E-state index in [1.165, 1.54) is 6.07 Å². The molecule has 0 radical (unpaired) electrons. The summed E-state index contributed by atoms with van der Waals surface area (Å²) in [7, 11) is 0. The Hall–Kier alpha value is -3.94. The van der Waals surface area contributed by atoms with Crippen molar-refractivity contribution in [3.63, 3.8) is 0 Å². The van der Waals surface area contributed by atoms with Crippen molar-refractivity contribution >= 4 is 17.5 Å². The number of aromatic nitrogens is 3. The number of hydrogen-bond acceptors (Lipinski definition) is 5. The third kappa shape index (κ3) is 3.65. The van der Waals surface area contributed by atoms with Gasteiger partial charge in [-0.25, -0.2) is 14.4 Å². The molecule has 4 heterocycles. The Balaban J connectivity index is 1.24. The number of carbonyl (C=O) groups excluding carboxylic acids is 1. The van der Waals surface area contributed by atoms with Crippen LogP contribution in [-0.2, 0) is 24.3 Å². The van der Waals surface area contributed by atoms with Crippen molar-refractivity contribution in [2.24, 2.45) is 0 Å². The van der Waals surface area contributed by atoms with Gasteiger partial charge in [0.25, 0.3) is 0 Å². The van der Waals surface area contributed by atoms with Gasteiger partial charge in [-0.1, -0.05) is 24.3 Å².